The van der Waals surface area contributed by atoms with Gasteiger partial charge in [-0.3, -0.25) is 14.5 Å². The first-order valence-electron chi connectivity index (χ1n) is 5.95. The molecule has 15 heavy (non-hydrogen) atoms. The van der Waals surface area contributed by atoms with Crippen molar-refractivity contribution in [2.45, 2.75) is 45.1 Å². The molecule has 0 aromatic heterocycles. The van der Waals surface area contributed by atoms with Crippen molar-refractivity contribution >= 4 is 11.6 Å². The van der Waals surface area contributed by atoms with Gasteiger partial charge in [-0.1, -0.05) is 6.92 Å². The van der Waals surface area contributed by atoms with Crippen molar-refractivity contribution in [3.05, 3.63) is 0 Å². The summed E-state index contributed by atoms with van der Waals surface area (Å²) in [7, 11) is 0. The van der Waals surface area contributed by atoms with Crippen molar-refractivity contribution in [2.24, 2.45) is 5.92 Å². The first kappa shape index (κ1) is 10.8. The summed E-state index contributed by atoms with van der Waals surface area (Å²) in [6.07, 6.45) is 4.31. The normalized spacial score (nSPS) is 34.5. The molecule has 2 rings (SSSR count). The van der Waals surface area contributed by atoms with Crippen LogP contribution < -0.4 is 0 Å². The Hall–Kier alpha value is -0.700. The minimum absolute atomic E-state index is 0.163. The zero-order chi connectivity index (χ0) is 10.8. The van der Waals surface area contributed by atoms with E-state index in [-0.39, 0.29) is 5.92 Å². The molecule has 1 saturated carbocycles. The van der Waals surface area contributed by atoms with Crippen LogP contribution in [0.3, 0.4) is 0 Å². The number of nitrogens with zero attached hydrogens (tertiary/aromatic N) is 1. The molecule has 1 aliphatic carbocycles. The molecule has 1 heterocycles. The van der Waals surface area contributed by atoms with E-state index in [1.165, 1.54) is 0 Å². The molecule has 2 fully saturated rings. The second-order valence-electron chi connectivity index (χ2n) is 4.90. The van der Waals surface area contributed by atoms with Gasteiger partial charge in [-0.2, -0.15) is 0 Å². The van der Waals surface area contributed by atoms with Crippen LogP contribution in [-0.4, -0.2) is 35.6 Å². The molecule has 3 heteroatoms. The lowest BCUT2D eigenvalue weighted by Gasteiger charge is -2.38. The number of hydrogen-bond acceptors (Lipinski definition) is 3. The fourth-order valence-electron chi connectivity index (χ4n) is 2.69. The van der Waals surface area contributed by atoms with E-state index in [4.69, 9.17) is 0 Å². The van der Waals surface area contributed by atoms with Gasteiger partial charge in [0.15, 0.2) is 0 Å². The monoisotopic (exact) mass is 209 g/mol. The largest absolute Gasteiger partial charge is 0.300 e. The number of likely N-dealkylation sites (tertiary alicyclic amines) is 1. The highest BCUT2D eigenvalue weighted by Gasteiger charge is 2.30. The van der Waals surface area contributed by atoms with Crippen LogP contribution in [0.1, 0.15) is 39.0 Å². The van der Waals surface area contributed by atoms with E-state index in [1.54, 1.807) is 0 Å². The van der Waals surface area contributed by atoms with Gasteiger partial charge in [0.05, 0.1) is 0 Å². The van der Waals surface area contributed by atoms with E-state index in [9.17, 15) is 9.59 Å². The summed E-state index contributed by atoms with van der Waals surface area (Å²) >= 11 is 0. The van der Waals surface area contributed by atoms with Gasteiger partial charge in [0.25, 0.3) is 0 Å². The lowest BCUT2D eigenvalue weighted by atomic mass is 9.89. The maximum absolute atomic E-state index is 11.4. The van der Waals surface area contributed by atoms with Gasteiger partial charge < -0.3 is 0 Å². The lowest BCUT2D eigenvalue weighted by molar-refractivity contribution is -0.127. The fraction of sp³-hybridized carbons (Fsp3) is 0.833. The number of ketones is 2. The van der Waals surface area contributed by atoms with Crippen molar-refractivity contribution in [3.8, 4) is 0 Å². The summed E-state index contributed by atoms with van der Waals surface area (Å²) in [4.78, 5) is 25.1. The van der Waals surface area contributed by atoms with Crippen molar-refractivity contribution in [1.82, 2.24) is 4.90 Å². The lowest BCUT2D eigenvalue weighted by Crippen LogP contribution is -2.47. The average Bonchev–Trinajstić information content (AvgIpc) is 2.22. The smallest absolute Gasteiger partial charge is 0.138 e. The third-order valence-electron chi connectivity index (χ3n) is 3.68. The Morgan fingerprint density at radius 2 is 2.07 bits per heavy atom. The fourth-order valence-corrected chi connectivity index (χ4v) is 2.69. The van der Waals surface area contributed by atoms with Gasteiger partial charge in [0.1, 0.15) is 11.6 Å². The van der Waals surface area contributed by atoms with E-state index in [2.05, 4.69) is 4.90 Å². The Balaban J connectivity index is 1.93. The van der Waals surface area contributed by atoms with E-state index in [0.717, 1.165) is 32.4 Å². The predicted octanol–water partition coefficient (Wildman–Crippen LogP) is 1.41. The average molecular weight is 209 g/mol. The van der Waals surface area contributed by atoms with Crippen LogP contribution >= 0.6 is 0 Å². The van der Waals surface area contributed by atoms with Gasteiger partial charge in [0.2, 0.25) is 0 Å². The van der Waals surface area contributed by atoms with Crippen molar-refractivity contribution < 1.29 is 9.59 Å². The second-order valence-corrected chi connectivity index (χ2v) is 4.90. The molecule has 0 bridgehead atoms. The van der Waals surface area contributed by atoms with Crippen LogP contribution in [0.15, 0.2) is 0 Å². The molecular weight excluding hydrogens is 190 g/mol. The minimum Gasteiger partial charge on any atom is -0.300 e. The number of hydrogen-bond donors (Lipinski definition) is 0. The molecule has 1 aliphatic heterocycles. The Morgan fingerprint density at radius 1 is 1.27 bits per heavy atom. The van der Waals surface area contributed by atoms with Crippen LogP contribution in [0.5, 0.6) is 0 Å². The highest BCUT2D eigenvalue weighted by atomic mass is 16.1. The Kier molecular flexibility index (Phi) is 3.19. The Bertz CT molecular complexity index is 275. The number of carbonyl (C=O) groups is 2. The van der Waals surface area contributed by atoms with Crippen molar-refractivity contribution in [2.75, 3.05) is 13.1 Å². The molecule has 0 radical (unpaired) electrons. The van der Waals surface area contributed by atoms with Gasteiger partial charge in [-0.05, 0) is 12.8 Å². The van der Waals surface area contributed by atoms with Crippen LogP contribution in [0, 0.1) is 5.92 Å². The van der Waals surface area contributed by atoms with E-state index in [0.29, 0.717) is 30.4 Å². The quantitative estimate of drug-likeness (QED) is 0.655. The van der Waals surface area contributed by atoms with Gasteiger partial charge in [0, 0.05) is 44.3 Å². The van der Waals surface area contributed by atoms with Gasteiger partial charge in [-0.25, -0.2) is 0 Å². The number of piperidine rings is 1. The molecule has 2 aliphatic rings. The zero-order valence-corrected chi connectivity index (χ0v) is 9.37. The molecule has 84 valence electrons. The molecule has 2 atom stereocenters. The Morgan fingerprint density at radius 3 is 2.73 bits per heavy atom. The first-order chi connectivity index (χ1) is 7.16. The summed E-state index contributed by atoms with van der Waals surface area (Å²) in [5, 5.41) is 0. The summed E-state index contributed by atoms with van der Waals surface area (Å²) < 4.78 is 0. The van der Waals surface area contributed by atoms with Crippen molar-refractivity contribution in [1.29, 1.82) is 0 Å². The highest BCUT2D eigenvalue weighted by molar-refractivity contribution is 5.82. The molecule has 1 saturated heterocycles. The summed E-state index contributed by atoms with van der Waals surface area (Å²) in [5.41, 5.74) is 0. The van der Waals surface area contributed by atoms with Crippen LogP contribution in [0.4, 0.5) is 0 Å². The maximum Gasteiger partial charge on any atom is 0.138 e. The summed E-state index contributed by atoms with van der Waals surface area (Å²) in [6, 6.07) is 0.418. The third kappa shape index (κ3) is 2.46. The molecule has 2 unspecified atom stereocenters. The third-order valence-corrected chi connectivity index (χ3v) is 3.68. The molecular formula is C12H19NO2. The molecule has 0 amide bonds. The predicted molar refractivity (Wildman–Crippen MR) is 57.6 cm³/mol. The molecule has 0 aromatic rings. The van der Waals surface area contributed by atoms with Gasteiger partial charge in [-0.15, -0.1) is 0 Å². The summed E-state index contributed by atoms with van der Waals surface area (Å²) in [5.74, 6) is 0.944. The van der Waals surface area contributed by atoms with E-state index < -0.39 is 0 Å². The van der Waals surface area contributed by atoms with E-state index in [1.807, 2.05) is 6.92 Å². The molecule has 0 spiro atoms. The number of Topliss-reactive ketones (excluding diaryl/α,β-unsaturated/α-hetero) is 2. The summed E-state index contributed by atoms with van der Waals surface area (Å²) in [6.45, 7) is 3.72. The van der Waals surface area contributed by atoms with E-state index >= 15 is 0 Å². The minimum atomic E-state index is 0.163. The van der Waals surface area contributed by atoms with Gasteiger partial charge >= 0.3 is 0 Å². The number of carbonyl (C=O) groups excluding carboxylic acids is 2. The second kappa shape index (κ2) is 4.44. The number of rotatable bonds is 1. The van der Waals surface area contributed by atoms with Crippen molar-refractivity contribution in [3.63, 3.8) is 0 Å². The topological polar surface area (TPSA) is 37.4 Å². The van der Waals surface area contributed by atoms with Crippen LogP contribution in [-0.2, 0) is 9.59 Å². The standard InChI is InChI=1S/C12H19NO2/c1-9-8-13(6-5-12(9)15)10-3-2-4-11(14)7-10/h9-10H,2-8H2,1H3. The SMILES string of the molecule is CC1CN(C2CCCC(=O)C2)CCC1=O. The maximum atomic E-state index is 11.4. The molecule has 3 nitrogen and oxygen atoms in total. The zero-order valence-electron chi connectivity index (χ0n) is 9.37. The molecule has 0 aromatic carbocycles. The van der Waals surface area contributed by atoms with Crippen LogP contribution in [0.2, 0.25) is 0 Å². The van der Waals surface area contributed by atoms with Crippen LogP contribution in [0.25, 0.3) is 0 Å². The highest BCUT2D eigenvalue weighted by Crippen LogP contribution is 2.24. The first-order valence-corrected chi connectivity index (χ1v) is 5.95. The Labute approximate surface area is 90.8 Å². The molecule has 0 N–H and O–H groups in total.